The Hall–Kier alpha value is -2.03. The predicted molar refractivity (Wildman–Crippen MR) is 66.2 cm³/mol. The standard InChI is InChI=1S/C11H7F9N2O3S/c12-8(13,10(16,17)18)9(14,15)11(19,20)22-7(23)5-1-3-6(4-2-5)26(21,24)25/h1-4H,(H,22,23)(H2,21,24,25). The highest BCUT2D eigenvalue weighted by atomic mass is 32.2. The van der Waals surface area contributed by atoms with Gasteiger partial charge in [0.15, 0.2) is 0 Å². The van der Waals surface area contributed by atoms with Crippen LogP contribution in [0.15, 0.2) is 29.2 Å². The highest BCUT2D eigenvalue weighted by Crippen LogP contribution is 2.52. The van der Waals surface area contributed by atoms with Gasteiger partial charge in [-0.05, 0) is 24.3 Å². The van der Waals surface area contributed by atoms with Crippen molar-refractivity contribution in [2.75, 3.05) is 0 Å². The van der Waals surface area contributed by atoms with Crippen LogP contribution in [0.1, 0.15) is 10.4 Å². The lowest BCUT2D eigenvalue weighted by Gasteiger charge is -2.33. The molecule has 0 aliphatic rings. The summed E-state index contributed by atoms with van der Waals surface area (Å²) in [4.78, 5) is 10.8. The van der Waals surface area contributed by atoms with Gasteiger partial charge >= 0.3 is 24.1 Å². The first-order valence-electron chi connectivity index (χ1n) is 6.00. The molecule has 0 bridgehead atoms. The van der Waals surface area contributed by atoms with Gasteiger partial charge in [0.05, 0.1) is 4.90 Å². The lowest BCUT2D eigenvalue weighted by Crippen LogP contribution is -2.66. The van der Waals surface area contributed by atoms with Crippen LogP contribution >= 0.6 is 0 Å². The van der Waals surface area contributed by atoms with Crippen molar-refractivity contribution in [3.05, 3.63) is 29.8 Å². The summed E-state index contributed by atoms with van der Waals surface area (Å²) in [6.07, 6.45) is -7.03. The fourth-order valence-corrected chi connectivity index (χ4v) is 1.98. The minimum absolute atomic E-state index is 0.0663. The van der Waals surface area contributed by atoms with Gasteiger partial charge in [-0.15, -0.1) is 0 Å². The lowest BCUT2D eigenvalue weighted by molar-refractivity contribution is -0.398. The van der Waals surface area contributed by atoms with Gasteiger partial charge in [0, 0.05) is 5.56 Å². The van der Waals surface area contributed by atoms with Crippen LogP contribution in [-0.2, 0) is 10.0 Å². The van der Waals surface area contributed by atoms with E-state index in [9.17, 15) is 52.7 Å². The SMILES string of the molecule is NS(=O)(=O)c1ccc(C(=O)NC(F)(F)C(F)(F)C(F)(F)C(F)(F)F)cc1. The molecule has 3 N–H and O–H groups in total. The number of carbonyl (C=O) groups excluding carboxylic acids is 1. The van der Waals surface area contributed by atoms with Gasteiger partial charge in [0.2, 0.25) is 10.0 Å². The maximum atomic E-state index is 13.3. The molecule has 0 saturated carbocycles. The Bertz CT molecular complexity index is 788. The van der Waals surface area contributed by atoms with Crippen molar-refractivity contribution in [3.8, 4) is 0 Å². The van der Waals surface area contributed by atoms with E-state index in [0.29, 0.717) is 24.3 Å². The second-order valence-electron chi connectivity index (χ2n) is 4.74. The molecule has 26 heavy (non-hydrogen) atoms. The first kappa shape index (κ1) is 22.0. The molecule has 0 saturated heterocycles. The number of rotatable bonds is 5. The molecule has 15 heteroatoms. The third-order valence-corrected chi connectivity index (χ3v) is 3.79. The van der Waals surface area contributed by atoms with Gasteiger partial charge in [0.1, 0.15) is 0 Å². The number of sulfonamides is 1. The Balaban J connectivity index is 3.14. The minimum atomic E-state index is -7.16. The van der Waals surface area contributed by atoms with Crippen molar-refractivity contribution in [2.45, 2.75) is 29.0 Å². The average molecular weight is 418 g/mol. The van der Waals surface area contributed by atoms with Crippen molar-refractivity contribution >= 4 is 15.9 Å². The number of amides is 1. The van der Waals surface area contributed by atoms with Gasteiger partial charge in [0.25, 0.3) is 5.91 Å². The maximum absolute atomic E-state index is 13.3. The topological polar surface area (TPSA) is 89.3 Å². The highest BCUT2D eigenvalue weighted by molar-refractivity contribution is 7.89. The molecule has 1 rings (SSSR count). The molecule has 0 spiro atoms. The summed E-state index contributed by atoms with van der Waals surface area (Å²) < 4.78 is 136. The summed E-state index contributed by atoms with van der Waals surface area (Å²) in [5, 5.41) is 4.76. The molecule has 0 heterocycles. The van der Waals surface area contributed by atoms with E-state index in [0.717, 1.165) is 0 Å². The molecule has 148 valence electrons. The van der Waals surface area contributed by atoms with Gasteiger partial charge < -0.3 is 0 Å². The molecule has 1 aromatic rings. The number of hydrogen-bond acceptors (Lipinski definition) is 3. The summed E-state index contributed by atoms with van der Waals surface area (Å²) in [6.45, 7) is 0. The minimum Gasteiger partial charge on any atom is -0.288 e. The number of halogens is 9. The number of carbonyl (C=O) groups is 1. The second-order valence-corrected chi connectivity index (χ2v) is 6.31. The van der Waals surface area contributed by atoms with Crippen LogP contribution in [0.4, 0.5) is 39.5 Å². The summed E-state index contributed by atoms with van der Waals surface area (Å²) in [7, 11) is -4.26. The van der Waals surface area contributed by atoms with Crippen LogP contribution in [0.25, 0.3) is 0 Å². The van der Waals surface area contributed by atoms with Crippen molar-refractivity contribution in [2.24, 2.45) is 5.14 Å². The predicted octanol–water partition coefficient (Wildman–Crippen LogP) is 2.49. The molecular formula is C11H7F9N2O3S. The van der Waals surface area contributed by atoms with Crippen LogP contribution in [0, 0.1) is 0 Å². The third kappa shape index (κ3) is 3.87. The van der Waals surface area contributed by atoms with Crippen LogP contribution in [0.3, 0.4) is 0 Å². The van der Waals surface area contributed by atoms with Crippen LogP contribution in [0.2, 0.25) is 0 Å². The second kappa shape index (κ2) is 6.29. The van der Waals surface area contributed by atoms with Crippen molar-refractivity contribution in [3.63, 3.8) is 0 Å². The van der Waals surface area contributed by atoms with E-state index in [1.54, 1.807) is 0 Å². The van der Waals surface area contributed by atoms with Gasteiger partial charge in [-0.1, -0.05) is 0 Å². The first-order valence-corrected chi connectivity index (χ1v) is 7.55. The van der Waals surface area contributed by atoms with Gasteiger partial charge in [-0.2, -0.15) is 39.5 Å². The Morgan fingerprint density at radius 2 is 1.27 bits per heavy atom. The normalized spacial score (nSPS) is 14.2. The molecule has 1 amide bonds. The van der Waals surface area contributed by atoms with E-state index in [1.807, 2.05) is 0 Å². The Morgan fingerprint density at radius 1 is 0.846 bits per heavy atom. The largest absolute Gasteiger partial charge is 0.460 e. The quantitative estimate of drug-likeness (QED) is 0.569. The van der Waals surface area contributed by atoms with Crippen LogP contribution in [0.5, 0.6) is 0 Å². The number of hydrogen-bond donors (Lipinski definition) is 2. The maximum Gasteiger partial charge on any atom is 0.460 e. The molecule has 0 atom stereocenters. The number of primary sulfonamides is 1. The molecule has 0 radical (unpaired) electrons. The van der Waals surface area contributed by atoms with E-state index in [4.69, 9.17) is 5.14 Å². The first-order chi connectivity index (χ1) is 11.3. The van der Waals surface area contributed by atoms with E-state index in [1.165, 1.54) is 0 Å². The average Bonchev–Trinajstić information content (AvgIpc) is 2.44. The Morgan fingerprint density at radius 3 is 1.62 bits per heavy atom. The molecule has 0 unspecified atom stereocenters. The van der Waals surface area contributed by atoms with Gasteiger partial charge in [-0.25, -0.2) is 13.6 Å². The van der Waals surface area contributed by atoms with E-state index in [-0.39, 0.29) is 5.32 Å². The van der Waals surface area contributed by atoms with Crippen molar-refractivity contribution in [1.82, 2.24) is 5.32 Å². The van der Waals surface area contributed by atoms with Crippen molar-refractivity contribution in [1.29, 1.82) is 0 Å². The van der Waals surface area contributed by atoms with Crippen LogP contribution in [-0.4, -0.2) is 38.4 Å². The highest BCUT2D eigenvalue weighted by Gasteiger charge is 2.82. The van der Waals surface area contributed by atoms with E-state index in [2.05, 4.69) is 0 Å². The molecular weight excluding hydrogens is 411 g/mol. The van der Waals surface area contributed by atoms with Crippen molar-refractivity contribution < 1.29 is 52.7 Å². The molecule has 0 aromatic heterocycles. The number of benzene rings is 1. The zero-order valence-electron chi connectivity index (χ0n) is 11.9. The number of alkyl halides is 9. The number of nitrogens with one attached hydrogen (secondary N) is 1. The summed E-state index contributed by atoms with van der Waals surface area (Å²) >= 11 is 0. The van der Waals surface area contributed by atoms with E-state index < -0.39 is 50.5 Å². The molecule has 5 nitrogen and oxygen atoms in total. The lowest BCUT2D eigenvalue weighted by atomic mass is 10.1. The smallest absolute Gasteiger partial charge is 0.288 e. The summed E-state index contributed by atoms with van der Waals surface area (Å²) in [6, 6.07) is -4.15. The summed E-state index contributed by atoms with van der Waals surface area (Å²) in [5.74, 6) is -16.4. The zero-order valence-corrected chi connectivity index (χ0v) is 12.7. The fraction of sp³-hybridized carbons (Fsp3) is 0.364. The number of nitrogens with two attached hydrogens (primary N) is 1. The molecule has 0 aliphatic carbocycles. The Kier molecular flexibility index (Phi) is 5.33. The third-order valence-electron chi connectivity index (χ3n) is 2.86. The van der Waals surface area contributed by atoms with Crippen LogP contribution < -0.4 is 10.5 Å². The Labute approximate surface area is 139 Å². The van der Waals surface area contributed by atoms with Gasteiger partial charge in [-0.3, -0.25) is 10.1 Å². The molecule has 1 aromatic carbocycles. The fourth-order valence-electron chi connectivity index (χ4n) is 1.46. The molecule has 0 fully saturated rings. The monoisotopic (exact) mass is 418 g/mol. The molecule has 0 aliphatic heterocycles. The van der Waals surface area contributed by atoms with E-state index >= 15 is 0 Å². The summed E-state index contributed by atoms with van der Waals surface area (Å²) in [5.41, 5.74) is -0.941. The zero-order chi connectivity index (χ0) is 20.8.